The van der Waals surface area contributed by atoms with Crippen LogP contribution in [-0.4, -0.2) is 16.5 Å². The topological polar surface area (TPSA) is 24.1 Å². The van der Waals surface area contributed by atoms with E-state index in [-0.39, 0.29) is 0 Å². The Kier molecular flexibility index (Phi) is 6.71. The summed E-state index contributed by atoms with van der Waals surface area (Å²) in [6, 6.07) is 24.3. The smallest absolute Gasteiger partial charge is 0.147 e. The van der Waals surface area contributed by atoms with Crippen LogP contribution in [0, 0.1) is 17.8 Å². The first-order chi connectivity index (χ1) is 13.2. The predicted molar refractivity (Wildman–Crippen MR) is 130 cm³/mol. The molecule has 0 radical (unpaired) electrons. The molecule has 1 aliphatic rings. The van der Waals surface area contributed by atoms with Gasteiger partial charge in [-0.05, 0) is 54.1 Å². The maximum absolute atomic E-state index is 3.90. The quantitative estimate of drug-likeness (QED) is 0.447. The molecule has 2 atom stereocenters. The van der Waals surface area contributed by atoms with Crippen LogP contribution in [-0.2, 0) is 0 Å². The average molecular weight is 411 g/mol. The van der Waals surface area contributed by atoms with Crippen LogP contribution in [0.2, 0.25) is 38.3 Å². The second-order valence-corrected chi connectivity index (χ2v) is 19.0. The summed E-state index contributed by atoms with van der Waals surface area (Å²) in [5.41, 5.74) is 2.59. The normalized spacial score (nSPS) is 22.8. The Bertz CT molecular complexity index is 667. The number of nitrogens with one attached hydrogen (secondary N) is 2. The van der Waals surface area contributed by atoms with Gasteiger partial charge in [-0.15, -0.1) is 0 Å². The highest BCUT2D eigenvalue weighted by molar-refractivity contribution is 6.81. The molecule has 0 spiro atoms. The summed E-state index contributed by atoms with van der Waals surface area (Å²) in [6.45, 7) is 12.5. The van der Waals surface area contributed by atoms with Gasteiger partial charge in [0.25, 0.3) is 0 Å². The number of para-hydroxylation sites is 2. The number of benzene rings is 2. The Hall–Kier alpha value is -1.53. The zero-order valence-electron chi connectivity index (χ0n) is 18.3. The molecule has 1 aliphatic carbocycles. The van der Waals surface area contributed by atoms with E-state index in [1.807, 2.05) is 0 Å². The molecule has 0 amide bonds. The molecule has 2 aromatic rings. The molecule has 2 aromatic carbocycles. The van der Waals surface area contributed by atoms with Gasteiger partial charge in [0.15, 0.2) is 0 Å². The predicted octanol–water partition coefficient (Wildman–Crippen LogP) is 7.28. The lowest BCUT2D eigenvalue weighted by molar-refractivity contribution is 0.375. The minimum atomic E-state index is -1.45. The fraction of sp³-hybridized carbons (Fsp3) is 0.500. The van der Waals surface area contributed by atoms with E-state index in [9.17, 15) is 0 Å². The highest BCUT2D eigenvalue weighted by Gasteiger charge is 2.39. The van der Waals surface area contributed by atoms with Crippen molar-refractivity contribution in [3.63, 3.8) is 0 Å². The first kappa shape index (κ1) is 21.2. The average Bonchev–Trinajstić information content (AvgIpc) is 2.95. The molecule has 152 valence electrons. The van der Waals surface area contributed by atoms with Crippen molar-refractivity contribution in [1.82, 2.24) is 0 Å². The van der Waals surface area contributed by atoms with Crippen molar-refractivity contribution >= 4 is 27.8 Å². The Morgan fingerprint density at radius 2 is 1.04 bits per heavy atom. The first-order valence-corrected chi connectivity index (χ1v) is 17.3. The van der Waals surface area contributed by atoms with Crippen molar-refractivity contribution in [2.45, 2.75) is 58.0 Å². The van der Waals surface area contributed by atoms with Gasteiger partial charge in [-0.2, -0.15) is 0 Å². The van der Waals surface area contributed by atoms with Crippen molar-refractivity contribution in [3.8, 4) is 0 Å². The zero-order chi connectivity index (χ0) is 20.2. The standard InChI is InChI=1S/C24H38N2Si2/c1-20-21(18-27(2,3)25-23-12-8-6-9-13-23)16-17-22(20)19-28(4,5)26-24-14-10-7-11-15-24/h6-15,20-22,25-26H,16-19H2,1-5H3. The highest BCUT2D eigenvalue weighted by Crippen LogP contribution is 2.44. The van der Waals surface area contributed by atoms with Crippen LogP contribution in [0.3, 0.4) is 0 Å². The number of hydrogen-bond acceptors (Lipinski definition) is 2. The van der Waals surface area contributed by atoms with E-state index in [0.717, 1.165) is 17.8 Å². The summed E-state index contributed by atoms with van der Waals surface area (Å²) in [7, 11) is -2.91. The van der Waals surface area contributed by atoms with Crippen molar-refractivity contribution < 1.29 is 0 Å². The van der Waals surface area contributed by atoms with E-state index in [4.69, 9.17) is 0 Å². The van der Waals surface area contributed by atoms with Gasteiger partial charge in [-0.3, -0.25) is 0 Å². The van der Waals surface area contributed by atoms with Crippen molar-refractivity contribution in [2.75, 3.05) is 9.96 Å². The maximum Gasteiger partial charge on any atom is 0.147 e. The van der Waals surface area contributed by atoms with Crippen LogP contribution in [0.4, 0.5) is 11.4 Å². The summed E-state index contributed by atoms with van der Waals surface area (Å²) in [5.74, 6) is 2.60. The van der Waals surface area contributed by atoms with Gasteiger partial charge < -0.3 is 9.96 Å². The van der Waals surface area contributed by atoms with Crippen LogP contribution in [0.15, 0.2) is 60.7 Å². The Morgan fingerprint density at radius 1 is 0.679 bits per heavy atom. The maximum atomic E-state index is 3.90. The molecule has 0 saturated heterocycles. The van der Waals surface area contributed by atoms with Gasteiger partial charge in [0.05, 0.1) is 0 Å². The minimum Gasteiger partial charge on any atom is -0.411 e. The van der Waals surface area contributed by atoms with Crippen LogP contribution in [0.5, 0.6) is 0 Å². The van der Waals surface area contributed by atoms with Gasteiger partial charge in [-0.1, -0.05) is 82.4 Å². The molecule has 0 bridgehead atoms. The second kappa shape index (κ2) is 8.87. The van der Waals surface area contributed by atoms with Gasteiger partial charge in [0.2, 0.25) is 0 Å². The fourth-order valence-corrected chi connectivity index (χ4v) is 11.0. The molecule has 0 aromatic heterocycles. The van der Waals surface area contributed by atoms with Gasteiger partial charge >= 0.3 is 0 Å². The second-order valence-electron chi connectivity index (χ2n) is 10.1. The Morgan fingerprint density at radius 3 is 1.39 bits per heavy atom. The molecule has 0 aliphatic heterocycles. The highest BCUT2D eigenvalue weighted by atomic mass is 28.3. The zero-order valence-corrected chi connectivity index (χ0v) is 20.3. The molecule has 3 rings (SSSR count). The lowest BCUT2D eigenvalue weighted by Crippen LogP contribution is -2.41. The molecule has 1 saturated carbocycles. The van der Waals surface area contributed by atoms with E-state index in [0.29, 0.717) is 0 Å². The third-order valence-electron chi connectivity index (χ3n) is 6.45. The third-order valence-corrected chi connectivity index (χ3v) is 11.5. The van der Waals surface area contributed by atoms with Crippen LogP contribution in [0.1, 0.15) is 19.8 Å². The summed E-state index contributed by atoms with van der Waals surface area (Å²) in [4.78, 5) is 7.79. The summed E-state index contributed by atoms with van der Waals surface area (Å²) in [5, 5.41) is 0. The summed E-state index contributed by atoms with van der Waals surface area (Å²) in [6.07, 6.45) is 2.82. The van der Waals surface area contributed by atoms with Gasteiger partial charge in [-0.25, -0.2) is 0 Å². The van der Waals surface area contributed by atoms with E-state index in [1.165, 1.54) is 36.3 Å². The monoisotopic (exact) mass is 410 g/mol. The van der Waals surface area contributed by atoms with Gasteiger partial charge in [0, 0.05) is 11.4 Å². The van der Waals surface area contributed by atoms with E-state index < -0.39 is 16.5 Å². The first-order valence-electron chi connectivity index (χ1n) is 10.9. The lowest BCUT2D eigenvalue weighted by atomic mass is 9.94. The van der Waals surface area contributed by atoms with Crippen molar-refractivity contribution in [3.05, 3.63) is 60.7 Å². The third kappa shape index (κ3) is 5.98. The molecule has 2 nitrogen and oxygen atoms in total. The molecular formula is C24H38N2Si2. The largest absolute Gasteiger partial charge is 0.411 e. The molecule has 4 heteroatoms. The minimum absolute atomic E-state index is 0.841. The number of rotatable bonds is 8. The van der Waals surface area contributed by atoms with E-state index >= 15 is 0 Å². The van der Waals surface area contributed by atoms with Crippen molar-refractivity contribution in [2.24, 2.45) is 17.8 Å². The number of anilines is 2. The molecule has 2 unspecified atom stereocenters. The number of hydrogen-bond donors (Lipinski definition) is 2. The van der Waals surface area contributed by atoms with Crippen molar-refractivity contribution in [1.29, 1.82) is 0 Å². The van der Waals surface area contributed by atoms with Crippen LogP contribution >= 0.6 is 0 Å². The summed E-state index contributed by atoms with van der Waals surface area (Å²) >= 11 is 0. The molecule has 28 heavy (non-hydrogen) atoms. The fourth-order valence-electron chi connectivity index (χ4n) is 5.15. The SMILES string of the molecule is CC1C(C[Si](C)(C)Nc2ccccc2)CCC1C[Si](C)(C)Nc1ccccc1. The Balaban J connectivity index is 1.55. The lowest BCUT2D eigenvalue weighted by Gasteiger charge is -2.33. The van der Waals surface area contributed by atoms with Crippen LogP contribution < -0.4 is 9.96 Å². The summed E-state index contributed by atoms with van der Waals surface area (Å²) < 4.78 is 0. The molecule has 0 heterocycles. The molecular weight excluding hydrogens is 372 g/mol. The Labute approximate surface area is 174 Å². The van der Waals surface area contributed by atoms with E-state index in [2.05, 4.69) is 104 Å². The molecule has 1 fully saturated rings. The van der Waals surface area contributed by atoms with E-state index in [1.54, 1.807) is 0 Å². The van der Waals surface area contributed by atoms with Crippen LogP contribution in [0.25, 0.3) is 0 Å². The molecule has 2 N–H and O–H groups in total. The van der Waals surface area contributed by atoms with Gasteiger partial charge in [0.1, 0.15) is 16.5 Å².